The molecule has 21 heavy (non-hydrogen) atoms. The first-order chi connectivity index (χ1) is 9.66. The first-order valence-electron chi connectivity index (χ1n) is 6.74. The fraction of sp³-hybridized carbons (Fsp3) is 0.467. The molecule has 0 radical (unpaired) electrons. The number of carbonyl (C=O) groups is 2. The van der Waals surface area contributed by atoms with Crippen LogP contribution in [0.5, 0.6) is 0 Å². The van der Waals surface area contributed by atoms with E-state index in [2.05, 4.69) is 5.32 Å². The molecule has 1 atom stereocenters. The van der Waals surface area contributed by atoms with E-state index in [0.29, 0.717) is 0 Å². The minimum absolute atomic E-state index is 0.0931. The highest BCUT2D eigenvalue weighted by Crippen LogP contribution is 2.16. The third-order valence-electron chi connectivity index (χ3n) is 3.23. The Labute approximate surface area is 123 Å². The molecule has 5 nitrogen and oxygen atoms in total. The van der Waals surface area contributed by atoms with Crippen LogP contribution in [0.15, 0.2) is 18.2 Å². The number of hydrogen-bond donors (Lipinski definition) is 2. The van der Waals surface area contributed by atoms with Crippen molar-refractivity contribution in [3.63, 3.8) is 0 Å². The number of ether oxygens (including phenoxy) is 1. The standard InChI is InChI=1S/C15H21FN2O3/c1-5-15(3,4)18-13(19)9(2)21-14(20)11-8-10(16)6-7-12(11)17/h6-9H,5,17H2,1-4H3,(H,18,19). The summed E-state index contributed by atoms with van der Waals surface area (Å²) >= 11 is 0. The van der Waals surface area contributed by atoms with Gasteiger partial charge in [-0.25, -0.2) is 9.18 Å². The first-order valence-corrected chi connectivity index (χ1v) is 6.74. The van der Waals surface area contributed by atoms with Gasteiger partial charge < -0.3 is 15.8 Å². The van der Waals surface area contributed by atoms with Gasteiger partial charge in [-0.2, -0.15) is 0 Å². The monoisotopic (exact) mass is 296 g/mol. The average Bonchev–Trinajstić information content (AvgIpc) is 2.40. The maximum absolute atomic E-state index is 13.1. The second-order valence-electron chi connectivity index (χ2n) is 5.51. The van der Waals surface area contributed by atoms with Gasteiger partial charge in [-0.05, 0) is 45.4 Å². The summed E-state index contributed by atoms with van der Waals surface area (Å²) in [5, 5.41) is 2.77. The van der Waals surface area contributed by atoms with E-state index in [1.165, 1.54) is 13.0 Å². The van der Waals surface area contributed by atoms with Crippen molar-refractivity contribution in [3.8, 4) is 0 Å². The Hall–Kier alpha value is -2.11. The number of esters is 1. The zero-order valence-electron chi connectivity index (χ0n) is 12.7. The van der Waals surface area contributed by atoms with Crippen molar-refractivity contribution < 1.29 is 18.7 Å². The van der Waals surface area contributed by atoms with Crippen molar-refractivity contribution in [2.45, 2.75) is 45.8 Å². The molecule has 3 N–H and O–H groups in total. The van der Waals surface area contributed by atoms with Crippen LogP contribution in [0.4, 0.5) is 10.1 Å². The van der Waals surface area contributed by atoms with Crippen molar-refractivity contribution in [2.24, 2.45) is 0 Å². The SMILES string of the molecule is CCC(C)(C)NC(=O)C(C)OC(=O)c1cc(F)ccc1N. The minimum Gasteiger partial charge on any atom is -0.449 e. The Morgan fingerprint density at radius 3 is 2.62 bits per heavy atom. The molecule has 1 unspecified atom stereocenters. The molecule has 0 heterocycles. The summed E-state index contributed by atoms with van der Waals surface area (Å²) in [7, 11) is 0. The maximum Gasteiger partial charge on any atom is 0.341 e. The number of nitrogens with two attached hydrogens (primary N) is 1. The predicted octanol–water partition coefficient (Wildman–Crippen LogP) is 2.26. The molecule has 0 aromatic heterocycles. The summed E-state index contributed by atoms with van der Waals surface area (Å²) in [6, 6.07) is 3.40. The Balaban J connectivity index is 2.74. The van der Waals surface area contributed by atoms with E-state index in [1.807, 2.05) is 20.8 Å². The number of nitrogen functional groups attached to an aromatic ring is 1. The van der Waals surface area contributed by atoms with Crippen molar-refractivity contribution >= 4 is 17.6 Å². The molecule has 0 saturated carbocycles. The second-order valence-corrected chi connectivity index (χ2v) is 5.51. The molecular formula is C15H21FN2O3. The van der Waals surface area contributed by atoms with Crippen LogP contribution in [0.1, 0.15) is 44.5 Å². The second kappa shape index (κ2) is 6.56. The molecule has 0 aliphatic rings. The fourth-order valence-electron chi connectivity index (χ4n) is 1.51. The molecule has 6 heteroatoms. The molecule has 0 spiro atoms. The van der Waals surface area contributed by atoms with Gasteiger partial charge in [0, 0.05) is 11.2 Å². The van der Waals surface area contributed by atoms with E-state index in [9.17, 15) is 14.0 Å². The smallest absolute Gasteiger partial charge is 0.341 e. The molecule has 1 rings (SSSR count). The number of halogens is 1. The van der Waals surface area contributed by atoms with Crippen LogP contribution in [0, 0.1) is 5.82 Å². The highest BCUT2D eigenvalue weighted by Gasteiger charge is 2.25. The predicted molar refractivity (Wildman–Crippen MR) is 78.2 cm³/mol. The lowest BCUT2D eigenvalue weighted by atomic mass is 10.0. The number of anilines is 1. The van der Waals surface area contributed by atoms with Gasteiger partial charge in [0.1, 0.15) is 5.82 Å². The van der Waals surface area contributed by atoms with Crippen LogP contribution < -0.4 is 11.1 Å². The lowest BCUT2D eigenvalue weighted by molar-refractivity contribution is -0.130. The van der Waals surface area contributed by atoms with Crippen LogP contribution in [-0.2, 0) is 9.53 Å². The summed E-state index contributed by atoms with van der Waals surface area (Å²) in [4.78, 5) is 23.9. The van der Waals surface area contributed by atoms with Crippen LogP contribution in [-0.4, -0.2) is 23.5 Å². The van der Waals surface area contributed by atoms with E-state index in [-0.39, 0.29) is 11.3 Å². The van der Waals surface area contributed by atoms with Crippen LogP contribution in [0.25, 0.3) is 0 Å². The number of hydrogen-bond acceptors (Lipinski definition) is 4. The van der Waals surface area contributed by atoms with Crippen molar-refractivity contribution in [2.75, 3.05) is 5.73 Å². The highest BCUT2D eigenvalue weighted by atomic mass is 19.1. The third kappa shape index (κ3) is 4.73. The van der Waals surface area contributed by atoms with Crippen LogP contribution in [0.3, 0.4) is 0 Å². The summed E-state index contributed by atoms with van der Waals surface area (Å²) < 4.78 is 18.2. The number of amides is 1. The number of rotatable bonds is 5. The Morgan fingerprint density at radius 1 is 1.43 bits per heavy atom. The van der Waals surface area contributed by atoms with E-state index in [0.717, 1.165) is 18.6 Å². The highest BCUT2D eigenvalue weighted by molar-refractivity contribution is 5.96. The molecule has 116 valence electrons. The average molecular weight is 296 g/mol. The maximum atomic E-state index is 13.1. The molecule has 1 amide bonds. The molecule has 0 aliphatic heterocycles. The van der Waals surface area contributed by atoms with Crippen molar-refractivity contribution in [1.29, 1.82) is 0 Å². The molecule has 0 aliphatic carbocycles. The van der Waals surface area contributed by atoms with Crippen LogP contribution in [0.2, 0.25) is 0 Å². The van der Waals surface area contributed by atoms with Gasteiger partial charge in [-0.1, -0.05) is 6.92 Å². The Bertz CT molecular complexity index is 544. The van der Waals surface area contributed by atoms with Gasteiger partial charge in [0.2, 0.25) is 0 Å². The normalized spacial score (nSPS) is 12.6. The molecule has 1 aromatic carbocycles. The molecule has 0 saturated heterocycles. The van der Waals surface area contributed by atoms with Crippen molar-refractivity contribution in [1.82, 2.24) is 5.32 Å². The van der Waals surface area contributed by atoms with E-state index in [4.69, 9.17) is 10.5 Å². The fourth-order valence-corrected chi connectivity index (χ4v) is 1.51. The Kier molecular flexibility index (Phi) is 5.29. The quantitative estimate of drug-likeness (QED) is 0.645. The summed E-state index contributed by atoms with van der Waals surface area (Å²) in [5.41, 5.74) is 5.21. The summed E-state index contributed by atoms with van der Waals surface area (Å²) in [5.74, 6) is -1.84. The van der Waals surface area contributed by atoms with Gasteiger partial charge in [-0.15, -0.1) is 0 Å². The van der Waals surface area contributed by atoms with Gasteiger partial charge in [0.05, 0.1) is 5.56 Å². The first kappa shape index (κ1) is 16.9. The van der Waals surface area contributed by atoms with Gasteiger partial charge in [-0.3, -0.25) is 4.79 Å². The zero-order valence-corrected chi connectivity index (χ0v) is 12.7. The number of benzene rings is 1. The van der Waals surface area contributed by atoms with Gasteiger partial charge in [0.15, 0.2) is 6.10 Å². The van der Waals surface area contributed by atoms with Crippen molar-refractivity contribution in [3.05, 3.63) is 29.6 Å². The van der Waals surface area contributed by atoms with E-state index >= 15 is 0 Å². The largest absolute Gasteiger partial charge is 0.449 e. The molecule has 0 bridgehead atoms. The number of carbonyl (C=O) groups excluding carboxylic acids is 2. The lowest BCUT2D eigenvalue weighted by Crippen LogP contribution is -2.47. The van der Waals surface area contributed by atoms with Gasteiger partial charge in [0.25, 0.3) is 5.91 Å². The Morgan fingerprint density at radius 2 is 2.05 bits per heavy atom. The van der Waals surface area contributed by atoms with Crippen LogP contribution >= 0.6 is 0 Å². The molecular weight excluding hydrogens is 275 g/mol. The minimum atomic E-state index is -0.994. The lowest BCUT2D eigenvalue weighted by Gasteiger charge is -2.26. The molecule has 1 aromatic rings. The third-order valence-corrected chi connectivity index (χ3v) is 3.23. The zero-order chi connectivity index (χ0) is 16.2. The summed E-state index contributed by atoms with van der Waals surface area (Å²) in [6.07, 6.45) is -0.262. The number of nitrogens with one attached hydrogen (secondary N) is 1. The van der Waals surface area contributed by atoms with E-state index < -0.39 is 29.3 Å². The molecule has 0 fully saturated rings. The van der Waals surface area contributed by atoms with E-state index in [1.54, 1.807) is 0 Å². The topological polar surface area (TPSA) is 81.4 Å². The van der Waals surface area contributed by atoms with Gasteiger partial charge >= 0.3 is 5.97 Å². The summed E-state index contributed by atoms with van der Waals surface area (Å²) in [6.45, 7) is 7.12.